The van der Waals surface area contributed by atoms with Crippen LogP contribution in [0.5, 0.6) is 0 Å². The average Bonchev–Trinajstić information content (AvgIpc) is 2.43. The molecular weight excluding hydrogens is 295 g/mol. The summed E-state index contributed by atoms with van der Waals surface area (Å²) in [5.74, 6) is -0.459. The van der Waals surface area contributed by atoms with Gasteiger partial charge >= 0.3 is 0 Å². The van der Waals surface area contributed by atoms with Gasteiger partial charge in [0.1, 0.15) is 5.82 Å². The minimum atomic E-state index is -0.459. The van der Waals surface area contributed by atoms with E-state index in [9.17, 15) is 14.5 Å². The molecule has 0 bridgehead atoms. The van der Waals surface area contributed by atoms with Crippen LogP contribution in [0.2, 0.25) is 5.02 Å². The van der Waals surface area contributed by atoms with E-state index in [-0.39, 0.29) is 16.8 Å². The predicted molar refractivity (Wildman–Crippen MR) is 81.3 cm³/mol. The molecule has 1 N–H and O–H groups in total. The molecule has 21 heavy (non-hydrogen) atoms. The standard InChI is InChI=1S/C15H14ClFN2O2/c1-9-7-12(19(20)21)4-6-15(9)18-10(2)11-3-5-14(17)13(16)8-11/h3-8,10,18H,1-2H3. The number of nitro benzene ring substituents is 1. The van der Waals surface area contributed by atoms with Crippen molar-refractivity contribution in [2.75, 3.05) is 5.32 Å². The first-order valence-corrected chi connectivity index (χ1v) is 6.73. The molecule has 2 aromatic carbocycles. The van der Waals surface area contributed by atoms with E-state index in [0.29, 0.717) is 0 Å². The van der Waals surface area contributed by atoms with Gasteiger partial charge in [-0.05, 0) is 43.2 Å². The maximum Gasteiger partial charge on any atom is 0.269 e. The van der Waals surface area contributed by atoms with Crippen LogP contribution in [0.3, 0.4) is 0 Å². The molecule has 0 amide bonds. The SMILES string of the molecule is Cc1cc([N+](=O)[O-])ccc1NC(C)c1ccc(F)c(Cl)c1. The van der Waals surface area contributed by atoms with Crippen molar-refractivity contribution in [3.05, 3.63) is 68.5 Å². The summed E-state index contributed by atoms with van der Waals surface area (Å²) < 4.78 is 13.2. The molecule has 0 aliphatic carbocycles. The maximum absolute atomic E-state index is 13.2. The van der Waals surface area contributed by atoms with Crippen LogP contribution in [-0.4, -0.2) is 4.92 Å². The highest BCUT2D eigenvalue weighted by Crippen LogP contribution is 2.27. The normalized spacial score (nSPS) is 12.0. The second kappa shape index (κ2) is 6.10. The Morgan fingerprint density at radius 3 is 2.57 bits per heavy atom. The number of hydrogen-bond acceptors (Lipinski definition) is 3. The fourth-order valence-electron chi connectivity index (χ4n) is 2.02. The zero-order valence-electron chi connectivity index (χ0n) is 11.6. The van der Waals surface area contributed by atoms with Gasteiger partial charge in [0.15, 0.2) is 0 Å². The van der Waals surface area contributed by atoms with Crippen LogP contribution in [-0.2, 0) is 0 Å². The molecule has 0 radical (unpaired) electrons. The number of nitrogens with one attached hydrogen (secondary N) is 1. The second-order valence-electron chi connectivity index (χ2n) is 4.80. The molecule has 0 saturated carbocycles. The lowest BCUT2D eigenvalue weighted by Crippen LogP contribution is -2.08. The van der Waals surface area contributed by atoms with E-state index in [1.807, 2.05) is 6.92 Å². The number of nitrogens with zero attached hydrogens (tertiary/aromatic N) is 1. The Labute approximate surface area is 126 Å². The van der Waals surface area contributed by atoms with Crippen LogP contribution in [0.1, 0.15) is 24.1 Å². The van der Waals surface area contributed by atoms with Crippen molar-refractivity contribution in [1.29, 1.82) is 0 Å². The first-order valence-electron chi connectivity index (χ1n) is 6.35. The Morgan fingerprint density at radius 1 is 1.29 bits per heavy atom. The maximum atomic E-state index is 13.2. The zero-order chi connectivity index (χ0) is 15.6. The van der Waals surface area contributed by atoms with Crippen molar-refractivity contribution < 1.29 is 9.31 Å². The second-order valence-corrected chi connectivity index (χ2v) is 5.20. The van der Waals surface area contributed by atoms with Crippen LogP contribution in [0, 0.1) is 22.9 Å². The molecule has 0 aliphatic rings. The summed E-state index contributed by atoms with van der Waals surface area (Å²) in [6.07, 6.45) is 0. The molecule has 6 heteroatoms. The minimum absolute atomic E-state index is 0.0514. The Bertz CT molecular complexity index is 691. The van der Waals surface area contributed by atoms with Gasteiger partial charge in [-0.3, -0.25) is 10.1 Å². The number of nitro groups is 1. The van der Waals surface area contributed by atoms with Gasteiger partial charge in [0.05, 0.1) is 9.95 Å². The lowest BCUT2D eigenvalue weighted by Gasteiger charge is -2.17. The van der Waals surface area contributed by atoms with E-state index in [1.54, 1.807) is 25.1 Å². The van der Waals surface area contributed by atoms with E-state index in [0.717, 1.165) is 16.8 Å². The number of rotatable bonds is 4. The highest BCUT2D eigenvalue weighted by molar-refractivity contribution is 6.30. The zero-order valence-corrected chi connectivity index (χ0v) is 12.3. The Kier molecular flexibility index (Phi) is 4.43. The number of benzene rings is 2. The smallest absolute Gasteiger partial charge is 0.269 e. The fourth-order valence-corrected chi connectivity index (χ4v) is 2.21. The Balaban J connectivity index is 2.21. The number of aryl methyl sites for hydroxylation is 1. The van der Waals surface area contributed by atoms with Crippen molar-refractivity contribution in [2.24, 2.45) is 0 Å². The molecule has 0 saturated heterocycles. The number of halogens is 2. The van der Waals surface area contributed by atoms with Gasteiger partial charge in [-0.25, -0.2) is 4.39 Å². The molecule has 0 heterocycles. The van der Waals surface area contributed by atoms with E-state index in [4.69, 9.17) is 11.6 Å². The van der Waals surface area contributed by atoms with Gasteiger partial charge in [-0.2, -0.15) is 0 Å². The lowest BCUT2D eigenvalue weighted by molar-refractivity contribution is -0.384. The number of non-ortho nitro benzene ring substituents is 1. The van der Waals surface area contributed by atoms with E-state index < -0.39 is 10.7 Å². The van der Waals surface area contributed by atoms with Crippen LogP contribution in [0.25, 0.3) is 0 Å². The molecule has 0 fully saturated rings. The molecule has 1 unspecified atom stereocenters. The van der Waals surface area contributed by atoms with Crippen molar-refractivity contribution in [3.63, 3.8) is 0 Å². The summed E-state index contributed by atoms with van der Waals surface area (Å²) in [7, 11) is 0. The van der Waals surface area contributed by atoms with E-state index >= 15 is 0 Å². The molecule has 0 spiro atoms. The molecule has 0 aliphatic heterocycles. The fraction of sp³-hybridized carbons (Fsp3) is 0.200. The minimum Gasteiger partial charge on any atom is -0.378 e. The Morgan fingerprint density at radius 2 is 2.00 bits per heavy atom. The quantitative estimate of drug-likeness (QED) is 0.647. The van der Waals surface area contributed by atoms with Crippen LogP contribution in [0.15, 0.2) is 36.4 Å². The van der Waals surface area contributed by atoms with Crippen molar-refractivity contribution >= 4 is 23.0 Å². The first kappa shape index (κ1) is 15.3. The summed E-state index contributed by atoms with van der Waals surface area (Å²) in [5.41, 5.74) is 2.44. The number of hydrogen-bond donors (Lipinski definition) is 1. The summed E-state index contributed by atoms with van der Waals surface area (Å²) in [5, 5.41) is 14.0. The highest BCUT2D eigenvalue weighted by atomic mass is 35.5. The molecule has 0 aromatic heterocycles. The monoisotopic (exact) mass is 308 g/mol. The molecule has 2 rings (SSSR count). The van der Waals surface area contributed by atoms with Crippen LogP contribution in [0.4, 0.5) is 15.8 Å². The van der Waals surface area contributed by atoms with Crippen LogP contribution >= 0.6 is 11.6 Å². The molecule has 4 nitrogen and oxygen atoms in total. The van der Waals surface area contributed by atoms with Crippen LogP contribution < -0.4 is 5.32 Å². The van der Waals surface area contributed by atoms with Gasteiger partial charge < -0.3 is 5.32 Å². The lowest BCUT2D eigenvalue weighted by atomic mass is 10.1. The Hall–Kier alpha value is -2.14. The predicted octanol–water partition coefficient (Wildman–Crippen LogP) is 4.87. The van der Waals surface area contributed by atoms with Gasteiger partial charge in [-0.15, -0.1) is 0 Å². The largest absolute Gasteiger partial charge is 0.378 e. The third-order valence-electron chi connectivity index (χ3n) is 3.24. The van der Waals surface area contributed by atoms with Crippen molar-refractivity contribution in [2.45, 2.75) is 19.9 Å². The number of anilines is 1. The van der Waals surface area contributed by atoms with Gasteiger partial charge in [0.2, 0.25) is 0 Å². The van der Waals surface area contributed by atoms with Gasteiger partial charge in [0, 0.05) is 23.9 Å². The topological polar surface area (TPSA) is 55.2 Å². The summed E-state index contributed by atoms with van der Waals surface area (Å²) in [6, 6.07) is 9.04. The summed E-state index contributed by atoms with van der Waals surface area (Å²) >= 11 is 5.77. The highest BCUT2D eigenvalue weighted by Gasteiger charge is 2.12. The molecule has 1 atom stereocenters. The average molecular weight is 309 g/mol. The first-order chi connectivity index (χ1) is 9.88. The van der Waals surface area contributed by atoms with E-state index in [2.05, 4.69) is 5.32 Å². The van der Waals surface area contributed by atoms with E-state index in [1.165, 1.54) is 18.2 Å². The molecule has 110 valence electrons. The van der Waals surface area contributed by atoms with Crippen molar-refractivity contribution in [1.82, 2.24) is 0 Å². The molecular formula is C15H14ClFN2O2. The van der Waals surface area contributed by atoms with Gasteiger partial charge in [-0.1, -0.05) is 17.7 Å². The van der Waals surface area contributed by atoms with Crippen molar-refractivity contribution in [3.8, 4) is 0 Å². The van der Waals surface area contributed by atoms with Gasteiger partial charge in [0.25, 0.3) is 5.69 Å². The molecule has 2 aromatic rings. The summed E-state index contributed by atoms with van der Waals surface area (Å²) in [4.78, 5) is 10.3. The third-order valence-corrected chi connectivity index (χ3v) is 3.53. The summed E-state index contributed by atoms with van der Waals surface area (Å²) in [6.45, 7) is 3.70. The third kappa shape index (κ3) is 3.49.